The van der Waals surface area contributed by atoms with E-state index < -0.39 is 0 Å². The zero-order valence-electron chi connectivity index (χ0n) is 7.83. The van der Waals surface area contributed by atoms with Crippen molar-refractivity contribution >= 4 is 27.6 Å². The Balaban J connectivity index is 2.37. The van der Waals surface area contributed by atoms with Gasteiger partial charge < -0.3 is 5.32 Å². The molecule has 0 atom stereocenters. The highest BCUT2D eigenvalue weighted by atomic mass is 79.9. The van der Waals surface area contributed by atoms with Crippen LogP contribution in [-0.2, 0) is 0 Å². The van der Waals surface area contributed by atoms with Gasteiger partial charge in [0, 0.05) is 17.6 Å². The van der Waals surface area contributed by atoms with Gasteiger partial charge in [0.05, 0.1) is 17.3 Å². The van der Waals surface area contributed by atoms with E-state index in [1.807, 2.05) is 6.07 Å². The summed E-state index contributed by atoms with van der Waals surface area (Å²) >= 11 is 3.35. The molecule has 0 radical (unpaired) electrons. The molecule has 15 heavy (non-hydrogen) atoms. The van der Waals surface area contributed by atoms with Crippen LogP contribution in [0.4, 0.5) is 10.5 Å². The van der Waals surface area contributed by atoms with Gasteiger partial charge in [0.15, 0.2) is 0 Å². The minimum Gasteiger partial charge on any atom is -0.336 e. The molecule has 1 N–H and O–H groups in total. The lowest BCUT2D eigenvalue weighted by molar-refractivity contribution is 0.252. The summed E-state index contributed by atoms with van der Waals surface area (Å²) in [6.07, 6.45) is 0. The molecule has 1 aromatic carbocycles. The van der Waals surface area contributed by atoms with Crippen molar-refractivity contribution in [2.45, 2.75) is 0 Å². The number of nitrogens with zero attached hydrogens (tertiary/aromatic N) is 2. The number of carbonyl (C=O) groups is 1. The lowest BCUT2D eigenvalue weighted by Gasteiger charge is -2.15. The predicted octanol–water partition coefficient (Wildman–Crippen LogP) is 1.85. The van der Waals surface area contributed by atoms with Crippen LogP contribution in [0.3, 0.4) is 0 Å². The lowest BCUT2D eigenvalue weighted by Crippen LogP contribution is -2.27. The molecule has 1 fully saturated rings. The molecule has 4 nitrogen and oxygen atoms in total. The Morgan fingerprint density at radius 1 is 1.53 bits per heavy atom. The molecule has 2 amide bonds. The highest BCUT2D eigenvalue weighted by molar-refractivity contribution is 9.10. The number of benzene rings is 1. The molecule has 1 aromatic rings. The second kappa shape index (κ2) is 3.91. The van der Waals surface area contributed by atoms with E-state index in [1.54, 1.807) is 23.1 Å². The maximum absolute atomic E-state index is 11.4. The highest BCUT2D eigenvalue weighted by Gasteiger charge is 2.22. The first-order valence-electron chi connectivity index (χ1n) is 4.47. The van der Waals surface area contributed by atoms with Gasteiger partial charge in [-0.3, -0.25) is 4.90 Å². The van der Waals surface area contributed by atoms with Gasteiger partial charge in [-0.15, -0.1) is 0 Å². The summed E-state index contributed by atoms with van der Waals surface area (Å²) in [5.74, 6) is 0. The van der Waals surface area contributed by atoms with Crippen LogP contribution < -0.4 is 10.2 Å². The Hall–Kier alpha value is -1.54. The Bertz CT molecular complexity index is 452. The summed E-state index contributed by atoms with van der Waals surface area (Å²) < 4.78 is 0.763. The number of nitrogens with one attached hydrogen (secondary N) is 1. The predicted molar refractivity (Wildman–Crippen MR) is 59.6 cm³/mol. The number of carbonyl (C=O) groups excluding carboxylic acids is 1. The zero-order chi connectivity index (χ0) is 10.8. The third-order valence-corrected chi connectivity index (χ3v) is 2.86. The van der Waals surface area contributed by atoms with Crippen LogP contribution in [0.1, 0.15) is 5.56 Å². The van der Waals surface area contributed by atoms with Crippen molar-refractivity contribution in [3.63, 3.8) is 0 Å². The first-order chi connectivity index (χ1) is 7.22. The number of hydrogen-bond acceptors (Lipinski definition) is 2. The van der Waals surface area contributed by atoms with Crippen molar-refractivity contribution in [3.05, 3.63) is 28.2 Å². The van der Waals surface area contributed by atoms with Crippen LogP contribution >= 0.6 is 15.9 Å². The van der Waals surface area contributed by atoms with Gasteiger partial charge in [-0.25, -0.2) is 4.79 Å². The topological polar surface area (TPSA) is 56.1 Å². The number of urea groups is 1. The molecule has 0 unspecified atom stereocenters. The Morgan fingerprint density at radius 3 is 2.87 bits per heavy atom. The summed E-state index contributed by atoms with van der Waals surface area (Å²) in [7, 11) is 0. The average Bonchev–Trinajstić information content (AvgIpc) is 2.64. The number of hydrogen-bond donors (Lipinski definition) is 1. The van der Waals surface area contributed by atoms with Crippen LogP contribution in [0, 0.1) is 11.3 Å². The first kappa shape index (κ1) is 9.99. The molecular weight excluding hydrogens is 258 g/mol. The van der Waals surface area contributed by atoms with E-state index in [-0.39, 0.29) is 6.03 Å². The Morgan fingerprint density at radius 2 is 2.33 bits per heavy atom. The molecule has 1 saturated heterocycles. The van der Waals surface area contributed by atoms with Crippen LogP contribution in [0.25, 0.3) is 0 Å². The fraction of sp³-hybridized carbons (Fsp3) is 0.200. The maximum atomic E-state index is 11.4. The number of anilines is 1. The second-order valence-electron chi connectivity index (χ2n) is 3.16. The largest absolute Gasteiger partial charge is 0.336 e. The SMILES string of the molecule is N#Cc1ccc(N2CCNC2=O)c(Br)c1. The van der Waals surface area contributed by atoms with Gasteiger partial charge in [-0.05, 0) is 34.1 Å². The molecule has 2 rings (SSSR count). The van der Waals surface area contributed by atoms with Gasteiger partial charge in [0.2, 0.25) is 0 Å². The minimum absolute atomic E-state index is 0.0968. The average molecular weight is 266 g/mol. The Labute approximate surface area is 95.6 Å². The van der Waals surface area contributed by atoms with Gasteiger partial charge in [0.25, 0.3) is 0 Å². The number of halogens is 1. The summed E-state index contributed by atoms with van der Waals surface area (Å²) in [6, 6.07) is 7.13. The van der Waals surface area contributed by atoms with Crippen LogP contribution in [0.5, 0.6) is 0 Å². The van der Waals surface area contributed by atoms with Gasteiger partial charge in [-0.1, -0.05) is 0 Å². The molecule has 1 heterocycles. The van der Waals surface area contributed by atoms with E-state index in [0.29, 0.717) is 18.7 Å². The minimum atomic E-state index is -0.0968. The van der Waals surface area contributed by atoms with Gasteiger partial charge in [0.1, 0.15) is 0 Å². The standard InChI is InChI=1S/C10H8BrN3O/c11-8-5-7(6-12)1-2-9(8)14-4-3-13-10(14)15/h1-2,5H,3-4H2,(H,13,15). The van der Waals surface area contributed by atoms with Crippen molar-refractivity contribution in [2.75, 3.05) is 18.0 Å². The molecule has 0 spiro atoms. The fourth-order valence-electron chi connectivity index (χ4n) is 1.50. The van der Waals surface area contributed by atoms with Crippen molar-refractivity contribution in [3.8, 4) is 6.07 Å². The zero-order valence-corrected chi connectivity index (χ0v) is 9.41. The van der Waals surface area contributed by atoms with Crippen molar-refractivity contribution in [1.29, 1.82) is 5.26 Å². The molecule has 0 bridgehead atoms. The Kier molecular flexibility index (Phi) is 2.60. The first-order valence-corrected chi connectivity index (χ1v) is 5.26. The third kappa shape index (κ3) is 1.81. The van der Waals surface area contributed by atoms with Crippen LogP contribution in [0.2, 0.25) is 0 Å². The molecule has 0 saturated carbocycles. The fourth-order valence-corrected chi connectivity index (χ4v) is 2.09. The summed E-state index contributed by atoms with van der Waals surface area (Å²) in [5.41, 5.74) is 1.37. The summed E-state index contributed by atoms with van der Waals surface area (Å²) in [4.78, 5) is 13.1. The number of nitriles is 1. The van der Waals surface area contributed by atoms with E-state index in [0.717, 1.165) is 10.2 Å². The summed E-state index contributed by atoms with van der Waals surface area (Å²) in [6.45, 7) is 1.31. The van der Waals surface area contributed by atoms with E-state index in [9.17, 15) is 4.79 Å². The molecular formula is C10H8BrN3O. The van der Waals surface area contributed by atoms with E-state index in [2.05, 4.69) is 21.2 Å². The molecule has 0 aliphatic carbocycles. The van der Waals surface area contributed by atoms with E-state index in [1.165, 1.54) is 0 Å². The molecule has 0 aromatic heterocycles. The molecule has 1 aliphatic heterocycles. The van der Waals surface area contributed by atoms with Crippen LogP contribution in [0.15, 0.2) is 22.7 Å². The molecule has 76 valence electrons. The highest BCUT2D eigenvalue weighted by Crippen LogP contribution is 2.28. The van der Waals surface area contributed by atoms with E-state index >= 15 is 0 Å². The van der Waals surface area contributed by atoms with Crippen molar-refractivity contribution < 1.29 is 4.79 Å². The van der Waals surface area contributed by atoms with Crippen LogP contribution in [-0.4, -0.2) is 19.1 Å². The smallest absolute Gasteiger partial charge is 0.322 e. The number of amides is 2. The van der Waals surface area contributed by atoms with E-state index in [4.69, 9.17) is 5.26 Å². The summed E-state index contributed by atoms with van der Waals surface area (Å²) in [5, 5.41) is 11.4. The second-order valence-corrected chi connectivity index (χ2v) is 4.02. The quantitative estimate of drug-likeness (QED) is 0.843. The van der Waals surface area contributed by atoms with Gasteiger partial charge in [-0.2, -0.15) is 5.26 Å². The lowest BCUT2D eigenvalue weighted by atomic mass is 10.2. The monoisotopic (exact) mass is 265 g/mol. The van der Waals surface area contributed by atoms with Gasteiger partial charge >= 0.3 is 6.03 Å². The normalized spacial score (nSPS) is 14.9. The van der Waals surface area contributed by atoms with Crippen molar-refractivity contribution in [2.24, 2.45) is 0 Å². The molecule has 5 heteroatoms. The number of rotatable bonds is 1. The maximum Gasteiger partial charge on any atom is 0.322 e. The van der Waals surface area contributed by atoms with Crippen molar-refractivity contribution in [1.82, 2.24) is 5.32 Å². The molecule has 1 aliphatic rings. The third-order valence-electron chi connectivity index (χ3n) is 2.22.